The summed E-state index contributed by atoms with van der Waals surface area (Å²) in [5.74, 6) is 0. The first-order valence-electron chi connectivity index (χ1n) is 5.31. The van der Waals surface area contributed by atoms with Crippen LogP contribution in [-0.4, -0.2) is 20.5 Å². The number of benzene rings is 1. The van der Waals surface area contributed by atoms with Crippen molar-refractivity contribution in [2.45, 2.75) is 23.9 Å². The highest BCUT2D eigenvalue weighted by Gasteiger charge is 2.37. The molecule has 0 fully saturated rings. The fourth-order valence-electron chi connectivity index (χ4n) is 1.60. The maximum Gasteiger partial charge on any atom is 0.276 e. The Labute approximate surface area is 120 Å². The van der Waals surface area contributed by atoms with Gasteiger partial charge in [0.25, 0.3) is 15.8 Å². The van der Waals surface area contributed by atoms with Gasteiger partial charge in [-0.25, -0.2) is 0 Å². The molecule has 0 amide bonds. The van der Waals surface area contributed by atoms with E-state index in [4.69, 9.17) is 0 Å². The zero-order chi connectivity index (χ0) is 14.8. The van der Waals surface area contributed by atoms with Crippen molar-refractivity contribution in [2.24, 2.45) is 0 Å². The van der Waals surface area contributed by atoms with Crippen molar-refractivity contribution in [1.29, 1.82) is 0 Å². The first kappa shape index (κ1) is 16.1. The Morgan fingerprint density at radius 2 is 2.00 bits per heavy atom. The lowest BCUT2D eigenvalue weighted by atomic mass is 9.99. The molecule has 0 N–H and O–H groups in total. The lowest BCUT2D eigenvalue weighted by Gasteiger charge is -2.24. The standard InChI is InChI=1S/C11H14BrNO5S/c1-11(2,19(16,17)18-3)9-4-5-10(13(14)15)8(6-9)7-12/h4-6H,7H2,1-3H3. The largest absolute Gasteiger partial charge is 0.276 e. The van der Waals surface area contributed by atoms with Crippen LogP contribution in [0.2, 0.25) is 0 Å². The molecule has 0 saturated heterocycles. The minimum Gasteiger partial charge on any atom is -0.273 e. The molecule has 0 aliphatic rings. The number of nitrogens with zero attached hydrogens (tertiary/aromatic N) is 1. The van der Waals surface area contributed by atoms with Crippen molar-refractivity contribution in [3.05, 3.63) is 39.4 Å². The van der Waals surface area contributed by atoms with E-state index in [2.05, 4.69) is 20.1 Å². The average Bonchev–Trinajstić information content (AvgIpc) is 2.37. The third-order valence-electron chi connectivity index (χ3n) is 2.96. The molecule has 1 rings (SSSR count). The van der Waals surface area contributed by atoms with Gasteiger partial charge in [-0.2, -0.15) is 8.42 Å². The van der Waals surface area contributed by atoms with Crippen LogP contribution in [0.15, 0.2) is 18.2 Å². The van der Waals surface area contributed by atoms with Gasteiger partial charge >= 0.3 is 0 Å². The molecule has 8 heteroatoms. The second-order valence-electron chi connectivity index (χ2n) is 4.37. The molecule has 0 aliphatic carbocycles. The summed E-state index contributed by atoms with van der Waals surface area (Å²) in [5, 5.41) is 11.1. The maximum atomic E-state index is 11.9. The summed E-state index contributed by atoms with van der Waals surface area (Å²) in [6, 6.07) is 4.24. The van der Waals surface area contributed by atoms with Crippen LogP contribution in [0, 0.1) is 10.1 Å². The number of hydrogen-bond acceptors (Lipinski definition) is 5. The number of nitro groups is 1. The summed E-state index contributed by atoms with van der Waals surface area (Å²) >= 11 is 3.16. The van der Waals surface area contributed by atoms with Crippen LogP contribution < -0.4 is 0 Å². The molecule has 0 aromatic heterocycles. The van der Waals surface area contributed by atoms with Crippen molar-refractivity contribution >= 4 is 31.7 Å². The number of hydrogen-bond donors (Lipinski definition) is 0. The Bertz CT molecular complexity index is 597. The van der Waals surface area contributed by atoms with E-state index in [1.54, 1.807) is 0 Å². The first-order valence-corrected chi connectivity index (χ1v) is 7.84. The molecule has 0 saturated carbocycles. The third kappa shape index (κ3) is 2.96. The summed E-state index contributed by atoms with van der Waals surface area (Å²) in [5.41, 5.74) is 0.808. The summed E-state index contributed by atoms with van der Waals surface area (Å²) in [7, 11) is -2.70. The number of alkyl halides is 1. The van der Waals surface area contributed by atoms with Crippen LogP contribution in [0.5, 0.6) is 0 Å². The molecular formula is C11H14BrNO5S. The van der Waals surface area contributed by atoms with Crippen LogP contribution >= 0.6 is 15.9 Å². The lowest BCUT2D eigenvalue weighted by molar-refractivity contribution is -0.385. The molecule has 6 nitrogen and oxygen atoms in total. The van der Waals surface area contributed by atoms with Gasteiger partial charge in [-0.3, -0.25) is 14.3 Å². The zero-order valence-electron chi connectivity index (χ0n) is 10.7. The van der Waals surface area contributed by atoms with Crippen LogP contribution in [0.1, 0.15) is 25.0 Å². The second-order valence-corrected chi connectivity index (χ2v) is 7.19. The molecule has 106 valence electrons. The van der Waals surface area contributed by atoms with Gasteiger partial charge in [0.1, 0.15) is 4.75 Å². The van der Waals surface area contributed by atoms with E-state index < -0.39 is 19.8 Å². The van der Waals surface area contributed by atoms with E-state index in [1.165, 1.54) is 32.0 Å². The predicted molar refractivity (Wildman–Crippen MR) is 74.7 cm³/mol. The van der Waals surface area contributed by atoms with Crippen LogP contribution in [0.4, 0.5) is 5.69 Å². The van der Waals surface area contributed by atoms with E-state index in [-0.39, 0.29) is 11.0 Å². The Balaban J connectivity index is 3.42. The first-order chi connectivity index (χ1) is 8.67. The van der Waals surface area contributed by atoms with Gasteiger partial charge in [0, 0.05) is 17.0 Å². The highest BCUT2D eigenvalue weighted by Crippen LogP contribution is 2.34. The Morgan fingerprint density at radius 3 is 2.42 bits per heavy atom. The van der Waals surface area contributed by atoms with Crippen LogP contribution in [-0.2, 0) is 24.4 Å². The van der Waals surface area contributed by atoms with Gasteiger partial charge in [-0.05, 0) is 25.5 Å². The van der Waals surface area contributed by atoms with Crippen molar-refractivity contribution in [1.82, 2.24) is 0 Å². The van der Waals surface area contributed by atoms with Gasteiger partial charge in [-0.15, -0.1) is 0 Å². The molecule has 19 heavy (non-hydrogen) atoms. The van der Waals surface area contributed by atoms with E-state index in [9.17, 15) is 18.5 Å². The molecule has 1 aromatic rings. The van der Waals surface area contributed by atoms with Gasteiger partial charge < -0.3 is 0 Å². The SMILES string of the molecule is COS(=O)(=O)C(C)(C)c1ccc([N+](=O)[O-])c(CBr)c1. The third-order valence-corrected chi connectivity index (χ3v) is 5.49. The normalized spacial score (nSPS) is 12.4. The Morgan fingerprint density at radius 1 is 1.42 bits per heavy atom. The summed E-state index contributed by atoms with van der Waals surface area (Å²) in [6.45, 7) is 2.98. The van der Waals surface area contributed by atoms with Crippen molar-refractivity contribution in [2.75, 3.05) is 7.11 Å². The van der Waals surface area contributed by atoms with E-state index >= 15 is 0 Å². The summed E-state index contributed by atoms with van der Waals surface area (Å²) < 4.78 is 27.0. The molecule has 0 heterocycles. The zero-order valence-corrected chi connectivity index (χ0v) is 13.1. The molecule has 1 aromatic carbocycles. The van der Waals surface area contributed by atoms with E-state index in [0.29, 0.717) is 11.1 Å². The number of nitro benzene ring substituents is 1. The Kier molecular flexibility index (Phi) is 4.70. The molecule has 0 atom stereocenters. The highest BCUT2D eigenvalue weighted by molar-refractivity contribution is 9.08. The van der Waals surface area contributed by atoms with Gasteiger partial charge in [0.2, 0.25) is 0 Å². The maximum absolute atomic E-state index is 11.9. The summed E-state index contributed by atoms with van der Waals surface area (Å²) in [6.07, 6.45) is 0. The predicted octanol–water partition coefficient (Wildman–Crippen LogP) is 2.70. The molecule has 0 unspecified atom stereocenters. The van der Waals surface area contributed by atoms with Crippen molar-refractivity contribution in [3.8, 4) is 0 Å². The fourth-order valence-corrected chi connectivity index (χ4v) is 2.88. The highest BCUT2D eigenvalue weighted by atomic mass is 79.9. The van der Waals surface area contributed by atoms with Crippen LogP contribution in [0.3, 0.4) is 0 Å². The Hall–Kier alpha value is -0.990. The molecule has 0 spiro atoms. The van der Waals surface area contributed by atoms with Gasteiger partial charge in [0.15, 0.2) is 0 Å². The fraction of sp³-hybridized carbons (Fsp3) is 0.455. The van der Waals surface area contributed by atoms with E-state index in [1.807, 2.05) is 0 Å². The quantitative estimate of drug-likeness (QED) is 0.352. The van der Waals surface area contributed by atoms with E-state index in [0.717, 1.165) is 7.11 Å². The molecular weight excluding hydrogens is 338 g/mol. The number of rotatable bonds is 5. The lowest BCUT2D eigenvalue weighted by Crippen LogP contribution is -2.30. The van der Waals surface area contributed by atoms with Gasteiger partial charge in [0.05, 0.1) is 12.0 Å². The molecule has 0 radical (unpaired) electrons. The number of halogens is 1. The summed E-state index contributed by atoms with van der Waals surface area (Å²) in [4.78, 5) is 10.3. The van der Waals surface area contributed by atoms with Gasteiger partial charge in [-0.1, -0.05) is 22.0 Å². The van der Waals surface area contributed by atoms with Crippen LogP contribution in [0.25, 0.3) is 0 Å². The van der Waals surface area contributed by atoms with Crippen molar-refractivity contribution < 1.29 is 17.5 Å². The molecule has 0 aliphatic heterocycles. The molecule has 0 bridgehead atoms. The minimum atomic E-state index is -3.79. The monoisotopic (exact) mass is 351 g/mol. The minimum absolute atomic E-state index is 0.0498. The average molecular weight is 352 g/mol. The smallest absolute Gasteiger partial charge is 0.273 e. The van der Waals surface area contributed by atoms with Crippen molar-refractivity contribution in [3.63, 3.8) is 0 Å². The second kappa shape index (κ2) is 5.56. The topological polar surface area (TPSA) is 86.5 Å².